The van der Waals surface area contributed by atoms with Gasteiger partial charge in [-0.25, -0.2) is 30.0 Å². The maximum absolute atomic E-state index is 12.7. The summed E-state index contributed by atoms with van der Waals surface area (Å²) in [6, 6.07) is 41.7. The van der Waals surface area contributed by atoms with Crippen molar-refractivity contribution in [2.45, 2.75) is 0 Å². The van der Waals surface area contributed by atoms with Crippen molar-refractivity contribution < 1.29 is 49.7 Å². The van der Waals surface area contributed by atoms with Crippen LogP contribution in [0.4, 0.5) is 27.5 Å². The van der Waals surface area contributed by atoms with Gasteiger partial charge in [0.15, 0.2) is 11.5 Å². The van der Waals surface area contributed by atoms with Crippen LogP contribution < -0.4 is 29.4 Å². The van der Waals surface area contributed by atoms with E-state index in [-0.39, 0.29) is 40.1 Å². The normalized spacial score (nSPS) is 11.5. The van der Waals surface area contributed by atoms with Crippen LogP contribution in [-0.2, 0) is 30.1 Å². The van der Waals surface area contributed by atoms with Gasteiger partial charge >= 0.3 is 6.16 Å². The average Bonchev–Trinajstić information content (AvgIpc) is 3.21. The fourth-order valence-electron chi connectivity index (χ4n) is 6.29. The maximum atomic E-state index is 12.7. The molecule has 18 heteroatoms. The number of nitrogens with one attached hydrogen (secondary N) is 3. The van der Waals surface area contributed by atoms with Gasteiger partial charge in [-0.1, -0.05) is 121 Å². The number of phenols is 2. The van der Waals surface area contributed by atoms with Gasteiger partial charge in [-0.05, 0) is 45.8 Å². The molecule has 0 saturated carbocycles. The predicted molar refractivity (Wildman–Crippen MR) is 246 cm³/mol. The Hall–Kier alpha value is -7.28. The summed E-state index contributed by atoms with van der Waals surface area (Å²) in [7, 11) is -10.8. The molecular weight excluding hydrogens is 857 g/mol. The molecule has 0 amide bonds. The first-order valence-corrected chi connectivity index (χ1v) is 24.0. The minimum absolute atomic E-state index is 0.0746. The Bertz CT molecular complexity index is 3210. The summed E-state index contributed by atoms with van der Waals surface area (Å²) in [6.45, 7) is 0. The summed E-state index contributed by atoms with van der Waals surface area (Å²) in [5, 5.41) is 24.9. The monoisotopic (exact) mass is 896 g/mol. The summed E-state index contributed by atoms with van der Waals surface area (Å²) in [5.41, 5.74) is 6.49. The Balaban J connectivity index is 0.000000187. The molecule has 320 valence electrons. The van der Waals surface area contributed by atoms with E-state index in [0.29, 0.717) is 21.8 Å². The van der Waals surface area contributed by atoms with Gasteiger partial charge in [0, 0.05) is 21.5 Å². The average molecular weight is 897 g/mol. The highest BCUT2D eigenvalue weighted by Gasteiger charge is 2.20. The number of sulfonamides is 3. The van der Waals surface area contributed by atoms with E-state index in [1.165, 1.54) is 18.2 Å². The summed E-state index contributed by atoms with van der Waals surface area (Å²) in [6.07, 6.45) is 1.83. The van der Waals surface area contributed by atoms with E-state index in [1.807, 2.05) is 42.5 Å². The number of nitrogens with two attached hydrogens (primary N) is 1. The first-order chi connectivity index (χ1) is 29.3. The van der Waals surface area contributed by atoms with Crippen LogP contribution in [0.1, 0.15) is 0 Å². The Labute approximate surface area is 357 Å². The second-order valence-corrected chi connectivity index (χ2v) is 19.0. The Kier molecular flexibility index (Phi) is 13.0. The van der Waals surface area contributed by atoms with Gasteiger partial charge in [-0.3, -0.25) is 14.2 Å². The minimum atomic E-state index is -3.70. The Morgan fingerprint density at radius 3 is 1.15 bits per heavy atom. The van der Waals surface area contributed by atoms with Crippen LogP contribution in [0, 0.1) is 0 Å². The van der Waals surface area contributed by atoms with Gasteiger partial charge in [0.05, 0.1) is 41.5 Å². The lowest BCUT2D eigenvalue weighted by atomic mass is 10.1. The second-order valence-electron chi connectivity index (χ2n) is 13.8. The van der Waals surface area contributed by atoms with Crippen LogP contribution in [0.25, 0.3) is 43.1 Å². The number of ether oxygens (including phenoxy) is 2. The number of rotatable bonds is 8. The highest BCUT2D eigenvalue weighted by Crippen LogP contribution is 2.37. The molecule has 0 atom stereocenters. The molecule has 0 aromatic heterocycles. The third-order valence-corrected chi connectivity index (χ3v) is 10.6. The number of fused-ring (bicyclic) bond motifs is 4. The standard InChI is InChI=1S/C23H20N2O7S2.C11H11NO3S.C10H9NO/c1-33(27,28)24-21-17-9-5-3-7-15(17)11-13-19(21)31-23(26)32-20-14-12-16-8-4-6-10-18(16)22(20)25-34(2,29)30;1-16(14,15)12-11-9-5-3-2-4-8(9)6-7-10(11)13;11-10-8-4-2-1-3-7(8)5-6-9(10)12/h3-14,24-25H,1-2H3;2-7,12-13H,1H3;1-6,12H,11H2. The minimum Gasteiger partial charge on any atom is -0.506 e. The van der Waals surface area contributed by atoms with E-state index in [4.69, 9.17) is 15.2 Å². The maximum Gasteiger partial charge on any atom is 0.519 e. The number of carbonyl (C=O) groups excluding carboxylic acids is 1. The molecule has 0 aliphatic heterocycles. The number of hydrogen-bond donors (Lipinski definition) is 6. The van der Waals surface area contributed by atoms with Crippen molar-refractivity contribution in [1.82, 2.24) is 0 Å². The van der Waals surface area contributed by atoms with Gasteiger partial charge in [-0.15, -0.1) is 0 Å². The fraction of sp³-hybridized carbons (Fsp3) is 0.0682. The number of carbonyl (C=O) groups is 1. The molecule has 7 N–H and O–H groups in total. The number of anilines is 4. The first-order valence-electron chi connectivity index (χ1n) is 18.3. The number of phenolic OH excluding ortho intramolecular Hbond substituents is 2. The second kappa shape index (κ2) is 18.1. The highest BCUT2D eigenvalue weighted by atomic mass is 32.2. The molecule has 0 aliphatic rings. The van der Waals surface area contributed by atoms with Crippen molar-refractivity contribution in [2.75, 3.05) is 38.7 Å². The van der Waals surface area contributed by atoms with E-state index in [0.717, 1.165) is 45.7 Å². The Morgan fingerprint density at radius 1 is 0.435 bits per heavy atom. The number of aromatic hydroxyl groups is 2. The van der Waals surface area contributed by atoms with Crippen LogP contribution in [-0.4, -0.2) is 60.4 Å². The van der Waals surface area contributed by atoms with Gasteiger partial charge in [0.25, 0.3) is 0 Å². The zero-order chi connectivity index (χ0) is 44.8. The summed E-state index contributed by atoms with van der Waals surface area (Å²) >= 11 is 0. The van der Waals surface area contributed by atoms with E-state index in [2.05, 4.69) is 14.2 Å². The molecule has 0 heterocycles. The molecule has 0 aliphatic carbocycles. The van der Waals surface area contributed by atoms with Gasteiger partial charge < -0.3 is 25.4 Å². The molecule has 0 saturated heterocycles. The summed E-state index contributed by atoms with van der Waals surface area (Å²) in [4.78, 5) is 12.7. The molecule has 8 aromatic rings. The smallest absolute Gasteiger partial charge is 0.506 e. The third kappa shape index (κ3) is 11.3. The molecular formula is C44H40N4O11S3. The number of hydrogen-bond acceptors (Lipinski definition) is 12. The van der Waals surface area contributed by atoms with E-state index < -0.39 is 36.2 Å². The highest BCUT2D eigenvalue weighted by molar-refractivity contribution is 7.92. The van der Waals surface area contributed by atoms with Crippen molar-refractivity contribution in [3.63, 3.8) is 0 Å². The molecule has 0 spiro atoms. The largest absolute Gasteiger partial charge is 0.519 e. The van der Waals surface area contributed by atoms with E-state index in [1.54, 1.807) is 84.9 Å². The summed E-state index contributed by atoms with van der Waals surface area (Å²) < 4.78 is 87.8. The van der Waals surface area contributed by atoms with Crippen molar-refractivity contribution in [3.05, 3.63) is 146 Å². The lowest BCUT2D eigenvalue weighted by molar-refractivity contribution is 0.152. The third-order valence-electron chi connectivity index (χ3n) is 8.89. The molecule has 8 aromatic carbocycles. The SMILES string of the molecule is CS(=O)(=O)Nc1c(O)ccc2ccccc12.CS(=O)(=O)Nc1c(OC(=O)Oc2ccc3ccccc3c2NS(C)(=O)=O)ccc2ccccc12.Nc1c(O)ccc2ccccc12. The van der Waals surface area contributed by atoms with E-state index >= 15 is 0 Å². The predicted octanol–water partition coefficient (Wildman–Crippen LogP) is 8.36. The molecule has 15 nitrogen and oxygen atoms in total. The zero-order valence-electron chi connectivity index (χ0n) is 33.2. The molecule has 8 rings (SSSR count). The first kappa shape index (κ1) is 44.3. The lowest BCUT2D eigenvalue weighted by Crippen LogP contribution is -2.18. The van der Waals surface area contributed by atoms with Crippen LogP contribution >= 0.6 is 0 Å². The quantitative estimate of drug-likeness (QED) is 0.0365. The zero-order valence-corrected chi connectivity index (χ0v) is 35.7. The van der Waals surface area contributed by atoms with E-state index in [9.17, 15) is 40.3 Å². The number of nitrogen functional groups attached to an aromatic ring is 1. The van der Waals surface area contributed by atoms with Crippen LogP contribution in [0.5, 0.6) is 23.0 Å². The lowest BCUT2D eigenvalue weighted by Gasteiger charge is -2.16. The topological polar surface area (TPSA) is 241 Å². The van der Waals surface area contributed by atoms with Gasteiger partial charge in [-0.2, -0.15) is 0 Å². The Morgan fingerprint density at radius 2 is 0.742 bits per heavy atom. The molecule has 0 bridgehead atoms. The molecule has 0 fully saturated rings. The van der Waals surface area contributed by atoms with Crippen molar-refractivity contribution >= 4 is 102 Å². The van der Waals surface area contributed by atoms with Crippen molar-refractivity contribution in [1.29, 1.82) is 0 Å². The molecule has 62 heavy (non-hydrogen) atoms. The number of benzene rings is 8. The fourth-order valence-corrected chi connectivity index (χ4v) is 8.04. The van der Waals surface area contributed by atoms with Gasteiger partial charge in [0.1, 0.15) is 11.5 Å². The van der Waals surface area contributed by atoms with Crippen LogP contribution in [0.3, 0.4) is 0 Å². The molecule has 0 radical (unpaired) electrons. The van der Waals surface area contributed by atoms with Crippen LogP contribution in [0.15, 0.2) is 146 Å². The van der Waals surface area contributed by atoms with Crippen LogP contribution in [0.2, 0.25) is 0 Å². The van der Waals surface area contributed by atoms with Gasteiger partial charge in [0.2, 0.25) is 30.1 Å². The van der Waals surface area contributed by atoms with Crippen molar-refractivity contribution in [3.8, 4) is 23.0 Å². The van der Waals surface area contributed by atoms with Crippen molar-refractivity contribution in [2.24, 2.45) is 0 Å². The summed E-state index contributed by atoms with van der Waals surface area (Å²) in [5.74, 6) is -0.0853. The molecule has 0 unspecified atom stereocenters.